The molecular weight excluding hydrogens is 472 g/mol. The highest BCUT2D eigenvalue weighted by Crippen LogP contribution is 2.31. The molecule has 0 bridgehead atoms. The second kappa shape index (κ2) is 10.9. The van der Waals surface area contributed by atoms with Gasteiger partial charge in [0.15, 0.2) is 0 Å². The van der Waals surface area contributed by atoms with E-state index in [9.17, 15) is 18.7 Å². The maximum atomic E-state index is 13.0. The molecule has 186 valence electrons. The Kier molecular flexibility index (Phi) is 7.44. The molecule has 0 spiro atoms. The van der Waals surface area contributed by atoms with Crippen molar-refractivity contribution < 1.29 is 23.1 Å². The first kappa shape index (κ1) is 24.7. The summed E-state index contributed by atoms with van der Waals surface area (Å²) in [5, 5.41) is 23.2. The summed E-state index contributed by atoms with van der Waals surface area (Å²) in [7, 11) is 3.34. The highest BCUT2D eigenvalue weighted by Gasteiger charge is 2.22. The van der Waals surface area contributed by atoms with E-state index < -0.39 is 18.4 Å². The third kappa shape index (κ3) is 5.61. The number of carbonyl (C=O) groups is 1. The molecular formula is C24H23F2N7O3. The lowest BCUT2D eigenvalue weighted by molar-refractivity contribution is 0.0827. The summed E-state index contributed by atoms with van der Waals surface area (Å²) in [6.07, 6.45) is -1.58. The Morgan fingerprint density at radius 1 is 1.08 bits per heavy atom. The molecule has 36 heavy (non-hydrogen) atoms. The van der Waals surface area contributed by atoms with E-state index in [1.54, 1.807) is 38.4 Å². The number of nitrogens with zero attached hydrogens (tertiary/aromatic N) is 5. The summed E-state index contributed by atoms with van der Waals surface area (Å²) in [5.74, 6) is -0.805. The monoisotopic (exact) mass is 495 g/mol. The zero-order chi connectivity index (χ0) is 25.7. The van der Waals surface area contributed by atoms with Crippen molar-refractivity contribution in [2.45, 2.75) is 12.5 Å². The zero-order valence-corrected chi connectivity index (χ0v) is 19.4. The van der Waals surface area contributed by atoms with Crippen molar-refractivity contribution in [3.05, 3.63) is 77.8 Å². The largest absolute Gasteiger partial charge is 0.415 e. The summed E-state index contributed by atoms with van der Waals surface area (Å²) < 4.78 is 31.1. The van der Waals surface area contributed by atoms with Gasteiger partial charge in [-0.15, -0.1) is 10.2 Å². The van der Waals surface area contributed by atoms with Crippen molar-refractivity contribution in [1.29, 1.82) is 0 Å². The molecule has 4 aromatic rings. The van der Waals surface area contributed by atoms with Gasteiger partial charge in [0, 0.05) is 31.5 Å². The molecule has 0 aliphatic carbocycles. The second-order valence-corrected chi connectivity index (χ2v) is 7.89. The Labute approximate surface area is 205 Å². The van der Waals surface area contributed by atoms with Gasteiger partial charge in [0.25, 0.3) is 17.7 Å². The third-order valence-electron chi connectivity index (χ3n) is 5.14. The Hall–Kier alpha value is -4.45. The molecule has 0 unspecified atom stereocenters. The van der Waals surface area contributed by atoms with Gasteiger partial charge < -0.3 is 25.1 Å². The fourth-order valence-electron chi connectivity index (χ4n) is 3.31. The molecule has 0 fully saturated rings. The van der Waals surface area contributed by atoms with Gasteiger partial charge >= 0.3 is 6.43 Å². The summed E-state index contributed by atoms with van der Waals surface area (Å²) in [6.45, 7) is -0.274. The number of alkyl halides is 2. The number of benzene rings is 2. The molecule has 12 heteroatoms. The smallest absolute Gasteiger partial charge is 0.314 e. The number of carbonyl (C=O) groups excluding carboxylic acids is 1. The van der Waals surface area contributed by atoms with Crippen LogP contribution in [-0.2, 0) is 0 Å². The number of hydrogen-bond donors (Lipinski definition) is 3. The molecule has 1 amide bonds. The van der Waals surface area contributed by atoms with Crippen LogP contribution in [0.5, 0.6) is 0 Å². The number of rotatable bonds is 9. The minimum Gasteiger partial charge on any atom is -0.415 e. The van der Waals surface area contributed by atoms with Crippen LogP contribution in [-0.4, -0.2) is 56.8 Å². The average Bonchev–Trinajstić information content (AvgIpc) is 3.38. The maximum Gasteiger partial charge on any atom is 0.314 e. The number of hydrogen-bond acceptors (Lipinski definition) is 9. The van der Waals surface area contributed by atoms with Crippen molar-refractivity contribution in [2.24, 2.45) is 0 Å². The molecule has 0 radical (unpaired) electrons. The number of nitrogens with one attached hydrogen (secondary N) is 2. The van der Waals surface area contributed by atoms with E-state index in [1.807, 2.05) is 30.3 Å². The number of halogens is 2. The van der Waals surface area contributed by atoms with Crippen molar-refractivity contribution in [3.63, 3.8) is 0 Å². The van der Waals surface area contributed by atoms with E-state index in [0.29, 0.717) is 11.3 Å². The average molecular weight is 495 g/mol. The van der Waals surface area contributed by atoms with Crippen LogP contribution in [0.4, 0.5) is 26.2 Å². The molecule has 0 saturated carbocycles. The van der Waals surface area contributed by atoms with E-state index in [-0.39, 0.29) is 35.7 Å². The maximum absolute atomic E-state index is 13.0. The lowest BCUT2D eigenvalue weighted by Crippen LogP contribution is -2.21. The second-order valence-electron chi connectivity index (χ2n) is 7.89. The number of aliphatic hydroxyl groups excluding tert-OH is 1. The predicted octanol–water partition coefficient (Wildman–Crippen LogP) is 4.06. The summed E-state index contributed by atoms with van der Waals surface area (Å²) in [5.41, 5.74) is 2.09. The van der Waals surface area contributed by atoms with Crippen LogP contribution in [0.25, 0.3) is 11.5 Å². The number of aliphatic hydroxyl groups is 1. The molecule has 10 nitrogen and oxygen atoms in total. The van der Waals surface area contributed by atoms with Crippen LogP contribution >= 0.6 is 0 Å². The van der Waals surface area contributed by atoms with E-state index in [1.165, 1.54) is 11.1 Å². The lowest BCUT2D eigenvalue weighted by Gasteiger charge is -2.19. The van der Waals surface area contributed by atoms with Crippen LogP contribution in [0.1, 0.15) is 34.3 Å². The minimum atomic E-state index is -2.93. The topological polar surface area (TPSA) is 129 Å². The zero-order valence-electron chi connectivity index (χ0n) is 19.4. The van der Waals surface area contributed by atoms with E-state index >= 15 is 0 Å². The van der Waals surface area contributed by atoms with E-state index in [0.717, 1.165) is 5.56 Å². The molecule has 1 atom stereocenters. The minimum absolute atomic E-state index is 0.132. The first-order chi connectivity index (χ1) is 17.4. The van der Waals surface area contributed by atoms with Crippen molar-refractivity contribution in [1.82, 2.24) is 25.1 Å². The summed E-state index contributed by atoms with van der Waals surface area (Å²) in [6, 6.07) is 15.3. The third-order valence-corrected chi connectivity index (χ3v) is 5.14. The van der Waals surface area contributed by atoms with Gasteiger partial charge in [0.1, 0.15) is 5.82 Å². The van der Waals surface area contributed by atoms with Gasteiger partial charge in [-0.25, -0.2) is 4.98 Å². The highest BCUT2D eigenvalue weighted by molar-refractivity contribution is 5.94. The standard InChI is InChI=1S/C24H23F2N7O3/c1-33(2)23(35)15-8-10-16(11-9-15)28-24-27-12-17(21-31-32-22(36-21)19(25)26)20(30-24)29-18(13-34)14-6-4-3-5-7-14/h3-12,18-19,34H,13H2,1-2H3,(H2,27,28,29,30)/t18-/m1/s1. The fraction of sp³-hybridized carbons (Fsp3) is 0.208. The van der Waals surface area contributed by atoms with Crippen LogP contribution in [0, 0.1) is 0 Å². The van der Waals surface area contributed by atoms with E-state index in [2.05, 4.69) is 30.8 Å². The molecule has 0 saturated heterocycles. The van der Waals surface area contributed by atoms with Crippen LogP contribution in [0.15, 0.2) is 65.2 Å². The quantitative estimate of drug-likeness (QED) is 0.315. The van der Waals surface area contributed by atoms with Gasteiger partial charge in [-0.2, -0.15) is 13.8 Å². The first-order valence-corrected chi connectivity index (χ1v) is 10.9. The van der Waals surface area contributed by atoms with Gasteiger partial charge in [-0.1, -0.05) is 30.3 Å². The molecule has 3 N–H and O–H groups in total. The molecule has 0 aliphatic rings. The summed E-state index contributed by atoms with van der Waals surface area (Å²) in [4.78, 5) is 22.3. The number of aromatic nitrogens is 4. The SMILES string of the molecule is CN(C)C(=O)c1ccc(Nc2ncc(-c3nnc(C(F)F)o3)c(N[C@H](CO)c3ccccc3)n2)cc1. The van der Waals surface area contributed by atoms with Crippen LogP contribution < -0.4 is 10.6 Å². The lowest BCUT2D eigenvalue weighted by atomic mass is 10.1. The first-order valence-electron chi connectivity index (χ1n) is 10.9. The van der Waals surface area contributed by atoms with Gasteiger partial charge in [0.2, 0.25) is 5.95 Å². The summed E-state index contributed by atoms with van der Waals surface area (Å²) >= 11 is 0. The molecule has 2 aromatic heterocycles. The van der Waals surface area contributed by atoms with Crippen LogP contribution in [0.2, 0.25) is 0 Å². The number of amides is 1. The van der Waals surface area contributed by atoms with Crippen molar-refractivity contribution >= 4 is 23.4 Å². The van der Waals surface area contributed by atoms with Gasteiger partial charge in [0.05, 0.1) is 18.2 Å². The van der Waals surface area contributed by atoms with Crippen LogP contribution in [0.3, 0.4) is 0 Å². The Balaban J connectivity index is 1.66. The Morgan fingerprint density at radius 3 is 2.42 bits per heavy atom. The Bertz CT molecular complexity index is 1320. The Morgan fingerprint density at radius 2 is 1.81 bits per heavy atom. The number of anilines is 3. The van der Waals surface area contributed by atoms with Gasteiger partial charge in [-0.3, -0.25) is 4.79 Å². The van der Waals surface area contributed by atoms with Gasteiger partial charge in [-0.05, 0) is 29.8 Å². The highest BCUT2D eigenvalue weighted by atomic mass is 19.3. The molecule has 2 aromatic carbocycles. The normalized spacial score (nSPS) is 11.8. The molecule has 0 aliphatic heterocycles. The molecule has 2 heterocycles. The molecule has 4 rings (SSSR count). The fourth-order valence-corrected chi connectivity index (χ4v) is 3.31. The van der Waals surface area contributed by atoms with E-state index in [4.69, 9.17) is 4.42 Å². The van der Waals surface area contributed by atoms with Crippen molar-refractivity contribution in [3.8, 4) is 11.5 Å². The predicted molar refractivity (Wildman–Crippen MR) is 128 cm³/mol. The van der Waals surface area contributed by atoms with Crippen molar-refractivity contribution in [2.75, 3.05) is 31.3 Å².